The van der Waals surface area contributed by atoms with E-state index in [9.17, 15) is 19.8 Å². The first kappa shape index (κ1) is 15.7. The highest BCUT2D eigenvalue weighted by atomic mass is 16.7. The molecule has 1 amide bonds. The average molecular weight is 349 g/mol. The first-order chi connectivity index (χ1) is 12.0. The smallest absolute Gasteiger partial charge is 0.341 e. The van der Waals surface area contributed by atoms with Crippen LogP contribution in [0, 0.1) is 0 Å². The molecule has 0 radical (unpaired) electrons. The van der Waals surface area contributed by atoms with Crippen molar-refractivity contribution in [3.05, 3.63) is 23.3 Å². The van der Waals surface area contributed by atoms with E-state index in [0.29, 0.717) is 16.9 Å². The lowest BCUT2D eigenvalue weighted by molar-refractivity contribution is -0.139. The minimum absolute atomic E-state index is 0.00939. The van der Waals surface area contributed by atoms with Crippen LogP contribution in [0.2, 0.25) is 0 Å². The number of hydrogen-bond donors (Lipinski definition) is 4. The van der Waals surface area contributed by atoms with Crippen LogP contribution < -0.4 is 19.5 Å². The third-order valence-corrected chi connectivity index (χ3v) is 4.43. The molecule has 0 bridgehead atoms. The van der Waals surface area contributed by atoms with E-state index in [1.54, 1.807) is 12.1 Å². The third kappa shape index (κ3) is 2.39. The van der Waals surface area contributed by atoms with Gasteiger partial charge in [-0.1, -0.05) is 6.08 Å². The molecule has 9 nitrogen and oxygen atoms in total. The van der Waals surface area contributed by atoms with Crippen LogP contribution in [-0.2, 0) is 4.79 Å². The van der Waals surface area contributed by atoms with Gasteiger partial charge < -0.3 is 34.8 Å². The highest BCUT2D eigenvalue weighted by molar-refractivity contribution is 6.07. The molecule has 2 aliphatic heterocycles. The molecule has 0 aromatic heterocycles. The molecule has 0 fully saturated rings. The molecular formula is C16H15NO8. The summed E-state index contributed by atoms with van der Waals surface area (Å²) in [7, 11) is 0. The topological polar surface area (TPSA) is 135 Å². The summed E-state index contributed by atoms with van der Waals surface area (Å²) in [6.07, 6.45) is -0.177. The molecule has 3 atom stereocenters. The van der Waals surface area contributed by atoms with Crippen LogP contribution in [0.1, 0.15) is 22.3 Å². The molecule has 0 saturated heterocycles. The largest absolute Gasteiger partial charge is 0.479 e. The van der Waals surface area contributed by atoms with Crippen LogP contribution in [0.25, 0.3) is 5.57 Å². The second kappa shape index (κ2) is 5.64. The Labute approximate surface area is 141 Å². The lowest BCUT2D eigenvalue weighted by Crippen LogP contribution is -2.53. The van der Waals surface area contributed by atoms with Gasteiger partial charge in [0.15, 0.2) is 18.1 Å². The van der Waals surface area contributed by atoms with Gasteiger partial charge in [0.2, 0.25) is 12.5 Å². The van der Waals surface area contributed by atoms with E-state index in [0.717, 1.165) is 0 Å². The van der Waals surface area contributed by atoms with Crippen molar-refractivity contribution >= 4 is 17.4 Å². The number of ether oxygens (including phenoxy) is 3. The number of aliphatic carboxylic acids is 1. The first-order valence-electron chi connectivity index (χ1n) is 7.66. The Morgan fingerprint density at radius 1 is 1.36 bits per heavy atom. The standard InChI is InChI=1S/C16H15NO8/c18-8-2-1-6-7-3-9-14(25-5-24-9)15(23-4-10(19)20)11(7)16(22)17-12(6)13(8)21/h1,3,8,12-13,18,21H,2,4-5H2,(H,17,22)(H,19,20)/t8-,12-,13-/m1/s1. The zero-order chi connectivity index (χ0) is 17.7. The fourth-order valence-corrected chi connectivity index (χ4v) is 3.31. The molecule has 0 saturated carbocycles. The van der Waals surface area contributed by atoms with Gasteiger partial charge in [0.05, 0.1) is 17.7 Å². The first-order valence-corrected chi connectivity index (χ1v) is 7.66. The molecule has 2 heterocycles. The van der Waals surface area contributed by atoms with Gasteiger partial charge >= 0.3 is 5.97 Å². The van der Waals surface area contributed by atoms with Crippen LogP contribution in [0.15, 0.2) is 12.1 Å². The number of fused-ring (bicyclic) bond motifs is 4. The summed E-state index contributed by atoms with van der Waals surface area (Å²) in [5.74, 6) is -1.26. The molecule has 3 aliphatic rings. The third-order valence-electron chi connectivity index (χ3n) is 4.43. The Hall–Kier alpha value is -2.78. The molecule has 1 aromatic carbocycles. The lowest BCUT2D eigenvalue weighted by atomic mass is 9.80. The van der Waals surface area contributed by atoms with Crippen LogP contribution >= 0.6 is 0 Å². The molecule has 0 unspecified atom stereocenters. The highest BCUT2D eigenvalue weighted by Gasteiger charge is 2.42. The number of hydrogen-bond acceptors (Lipinski definition) is 7. The number of carbonyl (C=O) groups excluding carboxylic acids is 1. The summed E-state index contributed by atoms with van der Waals surface area (Å²) in [5, 5.41) is 31.5. The van der Waals surface area contributed by atoms with Gasteiger partial charge in [-0.3, -0.25) is 4.79 Å². The van der Waals surface area contributed by atoms with Crippen molar-refractivity contribution in [2.24, 2.45) is 0 Å². The lowest BCUT2D eigenvalue weighted by Gasteiger charge is -2.37. The van der Waals surface area contributed by atoms with Gasteiger partial charge in [0.1, 0.15) is 6.10 Å². The van der Waals surface area contributed by atoms with Crippen molar-refractivity contribution in [2.75, 3.05) is 13.4 Å². The van der Waals surface area contributed by atoms with E-state index in [2.05, 4.69) is 5.32 Å². The molecule has 1 aliphatic carbocycles. The molecule has 0 spiro atoms. The van der Waals surface area contributed by atoms with Gasteiger partial charge in [-0.25, -0.2) is 4.79 Å². The number of carboxylic acids is 1. The van der Waals surface area contributed by atoms with Gasteiger partial charge in [0, 0.05) is 0 Å². The quantitative estimate of drug-likeness (QED) is 0.574. The van der Waals surface area contributed by atoms with E-state index >= 15 is 0 Å². The number of nitrogens with one attached hydrogen (secondary N) is 1. The zero-order valence-corrected chi connectivity index (χ0v) is 12.9. The molecule has 132 valence electrons. The molecule has 4 rings (SSSR count). The van der Waals surface area contributed by atoms with Crippen LogP contribution in [-0.4, -0.2) is 58.8 Å². The Bertz CT molecular complexity index is 802. The predicted molar refractivity (Wildman–Crippen MR) is 81.6 cm³/mol. The van der Waals surface area contributed by atoms with Crippen molar-refractivity contribution in [2.45, 2.75) is 24.7 Å². The summed E-state index contributed by atoms with van der Waals surface area (Å²) in [6, 6.07) is 0.837. The Balaban J connectivity index is 1.88. The highest BCUT2D eigenvalue weighted by Crippen LogP contribution is 2.49. The maximum Gasteiger partial charge on any atom is 0.341 e. The van der Waals surface area contributed by atoms with E-state index in [1.807, 2.05) is 0 Å². The maximum atomic E-state index is 12.6. The number of amides is 1. The minimum Gasteiger partial charge on any atom is -0.479 e. The van der Waals surface area contributed by atoms with Crippen molar-refractivity contribution in [1.29, 1.82) is 0 Å². The monoisotopic (exact) mass is 349 g/mol. The number of aliphatic hydroxyl groups excluding tert-OH is 2. The molecule has 4 N–H and O–H groups in total. The summed E-state index contributed by atoms with van der Waals surface area (Å²) >= 11 is 0. The van der Waals surface area contributed by atoms with Crippen molar-refractivity contribution in [3.8, 4) is 17.2 Å². The Morgan fingerprint density at radius 2 is 2.16 bits per heavy atom. The SMILES string of the molecule is O=C(O)COc1c2c(cc3c1C(=O)N[C@@H]1C3=CC[C@@H](O)[C@H]1O)OCO2. The van der Waals surface area contributed by atoms with E-state index in [1.165, 1.54) is 0 Å². The van der Waals surface area contributed by atoms with Crippen LogP contribution in [0.4, 0.5) is 0 Å². The van der Waals surface area contributed by atoms with Crippen molar-refractivity contribution in [1.82, 2.24) is 5.32 Å². The minimum atomic E-state index is -1.20. The van der Waals surface area contributed by atoms with E-state index in [-0.39, 0.29) is 30.3 Å². The van der Waals surface area contributed by atoms with Crippen LogP contribution in [0.5, 0.6) is 17.2 Å². The zero-order valence-electron chi connectivity index (χ0n) is 12.9. The molecule has 25 heavy (non-hydrogen) atoms. The number of carboxylic acid groups (broad SMARTS) is 1. The Morgan fingerprint density at radius 3 is 2.92 bits per heavy atom. The number of carbonyl (C=O) groups is 2. The number of benzene rings is 1. The second-order valence-corrected chi connectivity index (χ2v) is 5.95. The fraction of sp³-hybridized carbons (Fsp3) is 0.375. The van der Waals surface area contributed by atoms with Gasteiger partial charge in [-0.2, -0.15) is 0 Å². The fourth-order valence-electron chi connectivity index (χ4n) is 3.31. The van der Waals surface area contributed by atoms with Crippen molar-refractivity contribution in [3.63, 3.8) is 0 Å². The van der Waals surface area contributed by atoms with Crippen LogP contribution in [0.3, 0.4) is 0 Å². The van der Waals surface area contributed by atoms with Gasteiger partial charge in [0.25, 0.3) is 5.91 Å². The van der Waals surface area contributed by atoms with Gasteiger partial charge in [-0.05, 0) is 23.6 Å². The second-order valence-electron chi connectivity index (χ2n) is 5.95. The Kier molecular flexibility index (Phi) is 3.55. The summed E-state index contributed by atoms with van der Waals surface area (Å²) in [6.45, 7) is -0.726. The average Bonchev–Trinajstić information content (AvgIpc) is 3.04. The van der Waals surface area contributed by atoms with E-state index in [4.69, 9.17) is 19.3 Å². The number of rotatable bonds is 3. The van der Waals surface area contributed by atoms with Gasteiger partial charge in [-0.15, -0.1) is 0 Å². The molecular weight excluding hydrogens is 334 g/mol. The predicted octanol–water partition coefficient (Wildman–Crippen LogP) is -0.500. The van der Waals surface area contributed by atoms with E-state index < -0.39 is 36.7 Å². The number of aliphatic hydroxyl groups is 2. The molecule has 9 heteroatoms. The van der Waals surface area contributed by atoms with Crippen molar-refractivity contribution < 1.29 is 39.1 Å². The normalized spacial score (nSPS) is 26.2. The molecule has 1 aromatic rings. The maximum absolute atomic E-state index is 12.6. The summed E-state index contributed by atoms with van der Waals surface area (Å²) in [4.78, 5) is 23.5. The summed E-state index contributed by atoms with van der Waals surface area (Å²) in [5.41, 5.74) is 1.20. The summed E-state index contributed by atoms with van der Waals surface area (Å²) < 4.78 is 16.0.